The summed E-state index contributed by atoms with van der Waals surface area (Å²) in [6.07, 6.45) is 5.31. The van der Waals surface area contributed by atoms with E-state index in [1.165, 1.54) is 0 Å². The molecule has 98 valence electrons. The van der Waals surface area contributed by atoms with Crippen LogP contribution in [0.4, 0.5) is 0 Å². The van der Waals surface area contributed by atoms with Gasteiger partial charge in [0, 0.05) is 18.7 Å². The molecule has 0 saturated carbocycles. The van der Waals surface area contributed by atoms with Crippen LogP contribution in [0.15, 0.2) is 42.7 Å². The van der Waals surface area contributed by atoms with Gasteiger partial charge >= 0.3 is 0 Å². The van der Waals surface area contributed by atoms with Crippen LogP contribution in [-0.4, -0.2) is 28.8 Å². The van der Waals surface area contributed by atoms with E-state index in [-0.39, 0.29) is 11.7 Å². The van der Waals surface area contributed by atoms with Crippen molar-refractivity contribution in [1.82, 2.24) is 9.78 Å². The van der Waals surface area contributed by atoms with Crippen LogP contribution >= 0.6 is 0 Å². The van der Waals surface area contributed by atoms with E-state index in [1.54, 1.807) is 17.1 Å². The molecule has 1 aliphatic heterocycles. The van der Waals surface area contributed by atoms with Gasteiger partial charge in [-0.05, 0) is 25.0 Å². The van der Waals surface area contributed by atoms with Crippen LogP contribution in [0.1, 0.15) is 23.2 Å². The lowest BCUT2D eigenvalue weighted by Gasteiger charge is -2.19. The van der Waals surface area contributed by atoms with Crippen molar-refractivity contribution < 1.29 is 9.53 Å². The summed E-state index contributed by atoms with van der Waals surface area (Å²) >= 11 is 0. The maximum absolute atomic E-state index is 12.3. The lowest BCUT2D eigenvalue weighted by molar-refractivity contribution is 0.0461. The molecule has 1 fully saturated rings. The molecule has 0 amide bonds. The summed E-state index contributed by atoms with van der Waals surface area (Å²) in [4.78, 5) is 12.3. The van der Waals surface area contributed by atoms with E-state index >= 15 is 0 Å². The molecule has 1 unspecified atom stereocenters. The van der Waals surface area contributed by atoms with Crippen LogP contribution in [0, 0.1) is 5.92 Å². The molecular weight excluding hydrogens is 240 g/mol. The van der Waals surface area contributed by atoms with Gasteiger partial charge in [0.15, 0.2) is 5.78 Å². The Morgan fingerprint density at radius 3 is 2.89 bits per heavy atom. The van der Waals surface area contributed by atoms with E-state index in [9.17, 15) is 4.79 Å². The molecule has 1 aromatic heterocycles. The zero-order chi connectivity index (χ0) is 13.1. The fraction of sp³-hybridized carbons (Fsp3) is 0.333. The first-order valence-corrected chi connectivity index (χ1v) is 6.56. The molecule has 2 heterocycles. The number of hydrogen-bond donors (Lipinski definition) is 0. The van der Waals surface area contributed by atoms with Crippen molar-refractivity contribution in [3.8, 4) is 5.69 Å². The summed E-state index contributed by atoms with van der Waals surface area (Å²) < 4.78 is 7.10. The molecule has 0 aliphatic carbocycles. The average Bonchev–Trinajstić information content (AvgIpc) is 2.98. The number of carbonyl (C=O) groups is 1. The van der Waals surface area contributed by atoms with Crippen molar-refractivity contribution >= 4 is 5.78 Å². The summed E-state index contributed by atoms with van der Waals surface area (Å²) in [5, 5.41) is 4.26. The lowest BCUT2D eigenvalue weighted by Crippen LogP contribution is -2.25. The van der Waals surface area contributed by atoms with E-state index < -0.39 is 0 Å². The SMILES string of the molecule is O=C(c1cnn(-c2ccccc2)c1)C1CCCOC1. The zero-order valence-electron chi connectivity index (χ0n) is 10.7. The minimum Gasteiger partial charge on any atom is -0.381 e. The highest BCUT2D eigenvalue weighted by Gasteiger charge is 2.24. The largest absolute Gasteiger partial charge is 0.381 e. The summed E-state index contributed by atoms with van der Waals surface area (Å²) in [5.41, 5.74) is 1.63. The Hall–Kier alpha value is -1.94. The minimum atomic E-state index is -0.0119. The number of ketones is 1. The Labute approximate surface area is 112 Å². The molecule has 1 atom stereocenters. The highest BCUT2D eigenvalue weighted by molar-refractivity contribution is 5.97. The molecular formula is C15H16N2O2. The van der Waals surface area contributed by atoms with Gasteiger partial charge in [-0.3, -0.25) is 4.79 Å². The Kier molecular flexibility index (Phi) is 3.42. The third-order valence-electron chi connectivity index (χ3n) is 3.42. The molecule has 2 aromatic rings. The highest BCUT2D eigenvalue weighted by atomic mass is 16.5. The number of ether oxygens (including phenoxy) is 1. The van der Waals surface area contributed by atoms with Crippen LogP contribution < -0.4 is 0 Å². The number of carbonyl (C=O) groups excluding carboxylic acids is 1. The van der Waals surface area contributed by atoms with Crippen LogP contribution in [0.2, 0.25) is 0 Å². The number of para-hydroxylation sites is 1. The standard InChI is InChI=1S/C15H16N2O2/c18-15(12-5-4-8-19-11-12)13-9-16-17(10-13)14-6-2-1-3-7-14/h1-3,6-7,9-10,12H,4-5,8,11H2. The number of benzene rings is 1. The van der Waals surface area contributed by atoms with E-state index in [4.69, 9.17) is 4.74 Å². The predicted octanol–water partition coefficient (Wildman–Crippen LogP) is 2.48. The second kappa shape index (κ2) is 5.36. The third-order valence-corrected chi connectivity index (χ3v) is 3.42. The van der Waals surface area contributed by atoms with E-state index in [0.29, 0.717) is 12.2 Å². The van der Waals surface area contributed by atoms with E-state index in [1.807, 2.05) is 30.3 Å². The first-order valence-electron chi connectivity index (χ1n) is 6.56. The molecule has 0 N–H and O–H groups in total. The van der Waals surface area contributed by atoms with Gasteiger partial charge in [0.1, 0.15) is 0 Å². The fourth-order valence-corrected chi connectivity index (χ4v) is 2.36. The second-order valence-electron chi connectivity index (χ2n) is 4.79. The van der Waals surface area contributed by atoms with E-state index in [0.717, 1.165) is 25.1 Å². The van der Waals surface area contributed by atoms with Gasteiger partial charge < -0.3 is 4.74 Å². The molecule has 3 rings (SSSR count). The molecule has 0 radical (unpaired) electrons. The number of rotatable bonds is 3. The first-order chi connectivity index (χ1) is 9.34. The topological polar surface area (TPSA) is 44.1 Å². The van der Waals surface area contributed by atoms with Gasteiger partial charge in [0.25, 0.3) is 0 Å². The Bertz CT molecular complexity index is 557. The van der Waals surface area contributed by atoms with Crippen molar-refractivity contribution in [3.63, 3.8) is 0 Å². The fourth-order valence-electron chi connectivity index (χ4n) is 2.36. The number of aromatic nitrogens is 2. The highest BCUT2D eigenvalue weighted by Crippen LogP contribution is 2.19. The zero-order valence-corrected chi connectivity index (χ0v) is 10.7. The molecule has 19 heavy (non-hydrogen) atoms. The summed E-state index contributed by atoms with van der Waals surface area (Å²) in [6, 6.07) is 9.79. The quantitative estimate of drug-likeness (QED) is 0.792. The number of Topliss-reactive ketones (excluding diaryl/α,β-unsaturated/α-hetero) is 1. The average molecular weight is 256 g/mol. The maximum atomic E-state index is 12.3. The third kappa shape index (κ3) is 2.58. The Balaban J connectivity index is 1.79. The van der Waals surface area contributed by atoms with Crippen LogP contribution in [0.3, 0.4) is 0 Å². The second-order valence-corrected chi connectivity index (χ2v) is 4.79. The minimum absolute atomic E-state index is 0.0119. The van der Waals surface area contributed by atoms with Gasteiger partial charge in [-0.1, -0.05) is 18.2 Å². The van der Waals surface area contributed by atoms with Crippen molar-refractivity contribution in [2.45, 2.75) is 12.8 Å². The summed E-state index contributed by atoms with van der Waals surface area (Å²) in [5.74, 6) is 0.129. The van der Waals surface area contributed by atoms with Crippen molar-refractivity contribution in [3.05, 3.63) is 48.3 Å². The normalized spacial score (nSPS) is 19.3. The van der Waals surface area contributed by atoms with Gasteiger partial charge in [-0.25, -0.2) is 4.68 Å². The molecule has 1 aromatic carbocycles. The number of hydrogen-bond acceptors (Lipinski definition) is 3. The number of nitrogens with zero attached hydrogens (tertiary/aromatic N) is 2. The van der Waals surface area contributed by atoms with Crippen molar-refractivity contribution in [2.24, 2.45) is 5.92 Å². The van der Waals surface area contributed by atoms with Crippen LogP contribution in [0.5, 0.6) is 0 Å². The Morgan fingerprint density at radius 2 is 2.16 bits per heavy atom. The van der Waals surface area contributed by atoms with E-state index in [2.05, 4.69) is 5.10 Å². The van der Waals surface area contributed by atoms with Crippen LogP contribution in [0.25, 0.3) is 5.69 Å². The molecule has 4 nitrogen and oxygen atoms in total. The first kappa shape index (κ1) is 12.1. The lowest BCUT2D eigenvalue weighted by atomic mass is 9.94. The van der Waals surface area contributed by atoms with Crippen molar-refractivity contribution in [1.29, 1.82) is 0 Å². The summed E-state index contributed by atoms with van der Waals surface area (Å²) in [6.45, 7) is 1.31. The Morgan fingerprint density at radius 1 is 1.32 bits per heavy atom. The van der Waals surface area contributed by atoms with Crippen molar-refractivity contribution in [2.75, 3.05) is 13.2 Å². The molecule has 0 spiro atoms. The van der Waals surface area contributed by atoms with Gasteiger partial charge in [-0.2, -0.15) is 5.10 Å². The van der Waals surface area contributed by atoms with Gasteiger partial charge in [0.2, 0.25) is 0 Å². The molecule has 1 aliphatic rings. The molecule has 1 saturated heterocycles. The van der Waals surface area contributed by atoms with Crippen LogP contribution in [-0.2, 0) is 4.74 Å². The molecule has 4 heteroatoms. The maximum Gasteiger partial charge on any atom is 0.171 e. The van der Waals surface area contributed by atoms with Gasteiger partial charge in [0.05, 0.1) is 24.1 Å². The monoisotopic (exact) mass is 256 g/mol. The smallest absolute Gasteiger partial charge is 0.171 e. The van der Waals surface area contributed by atoms with Gasteiger partial charge in [-0.15, -0.1) is 0 Å². The summed E-state index contributed by atoms with van der Waals surface area (Å²) in [7, 11) is 0. The molecule has 0 bridgehead atoms. The predicted molar refractivity (Wildman–Crippen MR) is 71.4 cm³/mol.